The molecule has 1 aliphatic heterocycles. The first-order chi connectivity index (χ1) is 11.7. The zero-order chi connectivity index (χ0) is 17.2. The number of hydrogen-bond donors (Lipinski definition) is 3. The molecule has 1 aromatic rings. The minimum atomic E-state index is -0.0372. The lowest BCUT2D eigenvalue weighted by molar-refractivity contribution is 0.0954. The first kappa shape index (κ1) is 18.6. The predicted octanol–water partition coefficient (Wildman–Crippen LogP) is 2.18. The van der Waals surface area contributed by atoms with E-state index in [0.29, 0.717) is 23.9 Å². The van der Waals surface area contributed by atoms with Crippen molar-refractivity contribution < 1.29 is 4.79 Å². The van der Waals surface area contributed by atoms with Gasteiger partial charge in [0.25, 0.3) is 5.91 Å². The van der Waals surface area contributed by atoms with Crippen molar-refractivity contribution >= 4 is 23.6 Å². The number of carbonyl (C=O) groups is 1. The third-order valence-corrected chi connectivity index (χ3v) is 5.19. The monoisotopic (exact) mass is 348 g/mol. The van der Waals surface area contributed by atoms with Gasteiger partial charge in [-0.1, -0.05) is 17.7 Å². The summed E-state index contributed by atoms with van der Waals surface area (Å²) >= 11 is 2.01. The summed E-state index contributed by atoms with van der Waals surface area (Å²) in [7, 11) is 0. The average Bonchev–Trinajstić information content (AvgIpc) is 3.09. The molecule has 1 atom stereocenters. The van der Waals surface area contributed by atoms with E-state index >= 15 is 0 Å². The molecule has 1 fully saturated rings. The molecule has 3 N–H and O–H groups in total. The fourth-order valence-electron chi connectivity index (χ4n) is 2.57. The Morgan fingerprint density at radius 3 is 2.83 bits per heavy atom. The highest BCUT2D eigenvalue weighted by atomic mass is 32.2. The Morgan fingerprint density at radius 1 is 1.29 bits per heavy atom. The number of carbonyl (C=O) groups excluding carboxylic acids is 1. The van der Waals surface area contributed by atoms with Gasteiger partial charge >= 0.3 is 0 Å². The van der Waals surface area contributed by atoms with Crippen LogP contribution in [0.3, 0.4) is 0 Å². The van der Waals surface area contributed by atoms with Crippen LogP contribution in [0.25, 0.3) is 0 Å². The summed E-state index contributed by atoms with van der Waals surface area (Å²) in [5.74, 6) is 2.05. The van der Waals surface area contributed by atoms with Crippen LogP contribution in [-0.2, 0) is 0 Å². The van der Waals surface area contributed by atoms with E-state index < -0.39 is 0 Å². The first-order valence-electron chi connectivity index (χ1n) is 8.67. The molecule has 1 aliphatic rings. The van der Waals surface area contributed by atoms with Gasteiger partial charge in [-0.2, -0.15) is 11.8 Å². The maximum Gasteiger partial charge on any atom is 0.251 e. The molecule has 24 heavy (non-hydrogen) atoms. The van der Waals surface area contributed by atoms with Gasteiger partial charge in [0.2, 0.25) is 0 Å². The fraction of sp³-hybridized carbons (Fsp3) is 0.556. The van der Waals surface area contributed by atoms with Crippen molar-refractivity contribution in [3.8, 4) is 0 Å². The Kier molecular flexibility index (Phi) is 7.95. The van der Waals surface area contributed by atoms with Crippen LogP contribution in [0.2, 0.25) is 0 Å². The molecule has 0 bridgehead atoms. The summed E-state index contributed by atoms with van der Waals surface area (Å²) in [5, 5.41) is 10.1. The van der Waals surface area contributed by atoms with Crippen molar-refractivity contribution in [2.45, 2.75) is 31.9 Å². The van der Waals surface area contributed by atoms with Crippen LogP contribution < -0.4 is 16.0 Å². The molecule has 5 nitrogen and oxygen atoms in total. The van der Waals surface area contributed by atoms with Gasteiger partial charge in [0.05, 0.1) is 6.54 Å². The SMILES string of the molecule is CCNC(=NCC1CCCS1)NCCNC(=O)c1cccc(C)c1. The molecule has 0 spiro atoms. The number of nitrogens with zero attached hydrogens (tertiary/aromatic N) is 1. The lowest BCUT2D eigenvalue weighted by atomic mass is 10.1. The number of guanidine groups is 1. The number of benzene rings is 1. The second-order valence-corrected chi connectivity index (χ2v) is 7.32. The molecule has 6 heteroatoms. The third kappa shape index (κ3) is 6.43. The van der Waals surface area contributed by atoms with Gasteiger partial charge in [0.1, 0.15) is 0 Å². The lowest BCUT2D eigenvalue weighted by Crippen LogP contribution is -2.41. The van der Waals surface area contributed by atoms with Crippen molar-refractivity contribution in [2.75, 3.05) is 31.9 Å². The number of hydrogen-bond acceptors (Lipinski definition) is 3. The Bertz CT molecular complexity index is 556. The molecule has 132 valence electrons. The standard InChI is InChI=1S/C18H28N4OS/c1-3-19-18(22-13-16-8-5-11-24-16)21-10-9-20-17(23)15-7-4-6-14(2)12-15/h4,6-7,12,16H,3,5,8-11,13H2,1-2H3,(H,20,23)(H2,19,21,22). The second-order valence-electron chi connectivity index (χ2n) is 5.91. The van der Waals surface area contributed by atoms with Gasteiger partial charge in [-0.15, -0.1) is 0 Å². The van der Waals surface area contributed by atoms with Gasteiger partial charge in [0, 0.05) is 30.4 Å². The summed E-state index contributed by atoms with van der Waals surface area (Å²) in [4.78, 5) is 16.7. The summed E-state index contributed by atoms with van der Waals surface area (Å²) in [6.45, 7) is 6.95. The smallest absolute Gasteiger partial charge is 0.251 e. The van der Waals surface area contributed by atoms with Gasteiger partial charge in [0.15, 0.2) is 5.96 Å². The van der Waals surface area contributed by atoms with Crippen molar-refractivity contribution in [3.05, 3.63) is 35.4 Å². The topological polar surface area (TPSA) is 65.5 Å². The molecule has 0 radical (unpaired) electrons. The number of thioether (sulfide) groups is 1. The van der Waals surface area contributed by atoms with E-state index in [1.54, 1.807) is 0 Å². The quantitative estimate of drug-likeness (QED) is 0.401. The van der Waals surface area contributed by atoms with E-state index in [0.717, 1.165) is 24.6 Å². The number of aryl methyl sites for hydroxylation is 1. The van der Waals surface area contributed by atoms with Crippen LogP contribution in [0.4, 0.5) is 0 Å². The molecule has 0 aromatic heterocycles. The van der Waals surface area contributed by atoms with Crippen LogP contribution in [0, 0.1) is 6.92 Å². The average molecular weight is 349 g/mol. The van der Waals surface area contributed by atoms with E-state index in [4.69, 9.17) is 0 Å². The molecule has 2 rings (SSSR count). The van der Waals surface area contributed by atoms with Gasteiger partial charge in [-0.25, -0.2) is 0 Å². The molecule has 0 saturated carbocycles. The highest BCUT2D eigenvalue weighted by Gasteiger charge is 2.14. The van der Waals surface area contributed by atoms with Gasteiger partial charge < -0.3 is 16.0 Å². The van der Waals surface area contributed by atoms with E-state index in [9.17, 15) is 4.79 Å². The summed E-state index contributed by atoms with van der Waals surface area (Å²) < 4.78 is 0. The minimum Gasteiger partial charge on any atom is -0.357 e. The Hall–Kier alpha value is -1.69. The Balaban J connectivity index is 1.71. The third-order valence-electron chi connectivity index (χ3n) is 3.80. The number of rotatable bonds is 7. The summed E-state index contributed by atoms with van der Waals surface area (Å²) in [6.07, 6.45) is 2.57. The van der Waals surface area contributed by atoms with Crippen LogP contribution in [0.15, 0.2) is 29.3 Å². The normalized spacial score (nSPS) is 17.6. The molecule has 1 saturated heterocycles. The summed E-state index contributed by atoms with van der Waals surface area (Å²) in [5.41, 5.74) is 1.79. The van der Waals surface area contributed by atoms with Crippen molar-refractivity contribution in [2.24, 2.45) is 4.99 Å². The number of aliphatic imine (C=N–C) groups is 1. The summed E-state index contributed by atoms with van der Waals surface area (Å²) in [6, 6.07) is 7.62. The van der Waals surface area contributed by atoms with E-state index in [-0.39, 0.29) is 5.91 Å². The molecule has 1 aromatic carbocycles. The second kappa shape index (κ2) is 10.2. The molecular formula is C18H28N4OS. The van der Waals surface area contributed by atoms with Crippen molar-refractivity contribution in [3.63, 3.8) is 0 Å². The Morgan fingerprint density at radius 2 is 2.12 bits per heavy atom. The molecule has 1 heterocycles. The van der Waals surface area contributed by atoms with Crippen LogP contribution in [0.5, 0.6) is 0 Å². The molecule has 1 amide bonds. The van der Waals surface area contributed by atoms with Crippen LogP contribution in [0.1, 0.15) is 35.7 Å². The van der Waals surface area contributed by atoms with Crippen molar-refractivity contribution in [1.82, 2.24) is 16.0 Å². The lowest BCUT2D eigenvalue weighted by Gasteiger charge is -2.13. The highest BCUT2D eigenvalue weighted by Crippen LogP contribution is 2.25. The predicted molar refractivity (Wildman–Crippen MR) is 103 cm³/mol. The largest absolute Gasteiger partial charge is 0.357 e. The highest BCUT2D eigenvalue weighted by molar-refractivity contribution is 8.00. The van der Waals surface area contributed by atoms with Gasteiger partial charge in [-0.05, 0) is 44.6 Å². The molecule has 1 unspecified atom stereocenters. The zero-order valence-corrected chi connectivity index (χ0v) is 15.4. The van der Waals surface area contributed by atoms with Crippen molar-refractivity contribution in [1.29, 1.82) is 0 Å². The number of amides is 1. The van der Waals surface area contributed by atoms with Gasteiger partial charge in [-0.3, -0.25) is 9.79 Å². The Labute approximate surface area is 149 Å². The molecule has 0 aliphatic carbocycles. The van der Waals surface area contributed by atoms with Crippen LogP contribution in [-0.4, -0.2) is 49.0 Å². The van der Waals surface area contributed by atoms with Crippen LogP contribution >= 0.6 is 11.8 Å². The maximum atomic E-state index is 12.1. The molecular weight excluding hydrogens is 320 g/mol. The van der Waals surface area contributed by atoms with E-state index in [2.05, 4.69) is 27.9 Å². The maximum absolute atomic E-state index is 12.1. The number of nitrogens with one attached hydrogen (secondary N) is 3. The zero-order valence-electron chi connectivity index (χ0n) is 14.6. The fourth-order valence-corrected chi connectivity index (χ4v) is 3.75. The minimum absolute atomic E-state index is 0.0372. The van der Waals surface area contributed by atoms with E-state index in [1.165, 1.54) is 18.6 Å². The van der Waals surface area contributed by atoms with E-state index in [1.807, 2.05) is 43.0 Å². The first-order valence-corrected chi connectivity index (χ1v) is 9.72.